The molecule has 35 heavy (non-hydrogen) atoms. The van der Waals surface area contributed by atoms with E-state index in [4.69, 9.17) is 21.1 Å². The third-order valence-corrected chi connectivity index (χ3v) is 10.4. The Morgan fingerprint density at radius 3 is 2.69 bits per heavy atom. The summed E-state index contributed by atoms with van der Waals surface area (Å²) in [4.78, 5) is 12.5. The van der Waals surface area contributed by atoms with Gasteiger partial charge in [-0.2, -0.15) is 0 Å². The smallest absolute Gasteiger partial charge is 0.316 e. The molecule has 1 heterocycles. The number of halogens is 1. The topological polar surface area (TPSA) is 81.7 Å². The highest BCUT2D eigenvalue weighted by molar-refractivity contribution is 8.00. The molecule has 0 spiro atoms. The van der Waals surface area contributed by atoms with Crippen molar-refractivity contribution in [3.8, 4) is 5.75 Å². The largest absolute Gasteiger partial charge is 0.492 e. The first-order valence-electron chi connectivity index (χ1n) is 11.3. The summed E-state index contributed by atoms with van der Waals surface area (Å²) < 4.78 is 37.8. The van der Waals surface area contributed by atoms with E-state index in [1.165, 1.54) is 23.1 Å². The van der Waals surface area contributed by atoms with Crippen molar-refractivity contribution in [3.05, 3.63) is 52.5 Å². The van der Waals surface area contributed by atoms with Gasteiger partial charge in [0.05, 0.1) is 18.1 Å². The number of sulfone groups is 1. The first-order chi connectivity index (χ1) is 16.7. The lowest BCUT2D eigenvalue weighted by Gasteiger charge is -2.11. The summed E-state index contributed by atoms with van der Waals surface area (Å²) in [6, 6.07) is 11.2. The maximum absolute atomic E-state index is 12.9. The molecule has 0 unspecified atom stereocenters. The van der Waals surface area contributed by atoms with Crippen molar-refractivity contribution in [1.82, 2.24) is 5.32 Å². The van der Waals surface area contributed by atoms with Crippen LogP contribution in [0.1, 0.15) is 24.5 Å². The molecule has 2 aromatic carbocycles. The summed E-state index contributed by atoms with van der Waals surface area (Å²) in [6.07, 6.45) is 0.516. The SMILES string of the molecule is CCOC(=O)CSc1ccc(OCCNCCCS(=O)(=O)c2sc3ccc(Cl)cc3c2C)cc1C. The molecule has 10 heteroatoms. The minimum Gasteiger partial charge on any atom is -0.492 e. The minimum atomic E-state index is -3.35. The zero-order valence-electron chi connectivity index (χ0n) is 20.1. The maximum atomic E-state index is 12.9. The highest BCUT2D eigenvalue weighted by atomic mass is 35.5. The van der Waals surface area contributed by atoms with E-state index >= 15 is 0 Å². The second kappa shape index (κ2) is 13.0. The van der Waals surface area contributed by atoms with Gasteiger partial charge in [0, 0.05) is 21.2 Å². The zero-order chi connectivity index (χ0) is 25.4. The molecule has 3 rings (SSSR count). The summed E-state index contributed by atoms with van der Waals surface area (Å²) in [5.74, 6) is 0.908. The molecule has 0 aliphatic carbocycles. The molecule has 1 aromatic heterocycles. The van der Waals surface area contributed by atoms with Gasteiger partial charge in [-0.15, -0.1) is 23.1 Å². The summed E-state index contributed by atoms with van der Waals surface area (Å²) in [5, 5.41) is 4.74. The van der Waals surface area contributed by atoms with Gasteiger partial charge in [-0.25, -0.2) is 8.42 Å². The highest BCUT2D eigenvalue weighted by Crippen LogP contribution is 2.36. The van der Waals surface area contributed by atoms with Gasteiger partial charge in [0.2, 0.25) is 0 Å². The zero-order valence-corrected chi connectivity index (χ0v) is 23.3. The molecule has 190 valence electrons. The van der Waals surface area contributed by atoms with E-state index in [1.54, 1.807) is 13.0 Å². The number of rotatable bonds is 13. The lowest BCUT2D eigenvalue weighted by molar-refractivity contribution is -0.139. The van der Waals surface area contributed by atoms with Crippen molar-refractivity contribution < 1.29 is 22.7 Å². The van der Waals surface area contributed by atoms with Crippen molar-refractivity contribution in [1.29, 1.82) is 0 Å². The van der Waals surface area contributed by atoms with Crippen LogP contribution in [0.2, 0.25) is 5.02 Å². The number of esters is 1. The number of aryl methyl sites for hydroxylation is 2. The number of carbonyl (C=O) groups is 1. The van der Waals surface area contributed by atoms with Crippen molar-refractivity contribution in [2.75, 3.05) is 37.8 Å². The van der Waals surface area contributed by atoms with Crippen LogP contribution in [0.3, 0.4) is 0 Å². The average molecular weight is 556 g/mol. The van der Waals surface area contributed by atoms with Crippen LogP contribution >= 0.6 is 34.7 Å². The average Bonchev–Trinajstić information content (AvgIpc) is 3.14. The molecule has 1 N–H and O–H groups in total. The maximum Gasteiger partial charge on any atom is 0.316 e. The van der Waals surface area contributed by atoms with Crippen LogP contribution in [0.4, 0.5) is 0 Å². The fourth-order valence-electron chi connectivity index (χ4n) is 3.53. The molecule has 0 fully saturated rings. The number of ether oxygens (including phenoxy) is 2. The third-order valence-electron chi connectivity index (χ3n) is 5.25. The molecule has 0 aliphatic rings. The summed E-state index contributed by atoms with van der Waals surface area (Å²) >= 11 is 8.82. The van der Waals surface area contributed by atoms with Gasteiger partial charge >= 0.3 is 5.97 Å². The number of hydrogen-bond donors (Lipinski definition) is 1. The Morgan fingerprint density at radius 1 is 1.14 bits per heavy atom. The molecule has 0 saturated carbocycles. The Hall–Kier alpha value is -1.78. The molecule has 3 aromatic rings. The number of carbonyl (C=O) groups excluding carboxylic acids is 1. The standard InChI is InChI=1S/C25H30ClNO5S3/c1-4-31-24(28)16-33-22-9-7-20(14-17(22)2)32-12-11-27-10-5-13-35(29,30)25-18(3)21-15-19(26)6-8-23(21)34-25/h6-9,14-15,27H,4-5,10-13,16H2,1-3H3. The Balaban J connectivity index is 1.38. The second-order valence-electron chi connectivity index (χ2n) is 7.95. The van der Waals surface area contributed by atoms with E-state index in [9.17, 15) is 13.2 Å². The predicted octanol–water partition coefficient (Wildman–Crippen LogP) is 5.66. The lowest BCUT2D eigenvalue weighted by atomic mass is 10.2. The summed E-state index contributed by atoms with van der Waals surface area (Å²) in [7, 11) is -3.35. The number of benzene rings is 2. The van der Waals surface area contributed by atoms with Gasteiger partial charge in [0.1, 0.15) is 16.6 Å². The minimum absolute atomic E-state index is 0.0897. The van der Waals surface area contributed by atoms with Crippen LogP contribution in [-0.2, 0) is 19.4 Å². The molecular weight excluding hydrogens is 526 g/mol. The molecule has 0 atom stereocenters. The van der Waals surface area contributed by atoms with E-state index < -0.39 is 9.84 Å². The van der Waals surface area contributed by atoms with Gasteiger partial charge in [0.25, 0.3) is 0 Å². The highest BCUT2D eigenvalue weighted by Gasteiger charge is 2.21. The Labute approximate surface area is 220 Å². The van der Waals surface area contributed by atoms with Crippen LogP contribution in [0.15, 0.2) is 45.5 Å². The lowest BCUT2D eigenvalue weighted by Crippen LogP contribution is -2.23. The van der Waals surface area contributed by atoms with E-state index in [1.807, 2.05) is 44.2 Å². The van der Waals surface area contributed by atoms with Crippen LogP contribution in [-0.4, -0.2) is 52.2 Å². The number of thioether (sulfide) groups is 1. The number of hydrogen-bond acceptors (Lipinski definition) is 8. The van der Waals surface area contributed by atoms with Crippen LogP contribution in [0.25, 0.3) is 10.1 Å². The quantitative estimate of drug-likeness (QED) is 0.165. The number of thiophene rings is 1. The van der Waals surface area contributed by atoms with E-state index in [-0.39, 0.29) is 17.5 Å². The van der Waals surface area contributed by atoms with Crippen LogP contribution in [0.5, 0.6) is 5.75 Å². The van der Waals surface area contributed by atoms with Crippen molar-refractivity contribution in [2.24, 2.45) is 0 Å². The predicted molar refractivity (Wildman–Crippen MR) is 145 cm³/mol. The Bertz CT molecular complexity index is 1270. The molecule has 6 nitrogen and oxygen atoms in total. The summed E-state index contributed by atoms with van der Waals surface area (Å²) in [5.41, 5.74) is 1.81. The van der Waals surface area contributed by atoms with Crippen molar-refractivity contribution in [3.63, 3.8) is 0 Å². The molecule has 0 radical (unpaired) electrons. The number of fused-ring (bicyclic) bond motifs is 1. The molecular formula is C25H30ClNO5S3. The van der Waals surface area contributed by atoms with Gasteiger partial charge in [-0.05, 0) is 86.6 Å². The van der Waals surface area contributed by atoms with Crippen LogP contribution < -0.4 is 10.1 Å². The fraction of sp³-hybridized carbons (Fsp3) is 0.400. The Morgan fingerprint density at radius 2 is 1.94 bits per heavy atom. The van der Waals surface area contributed by atoms with Crippen molar-refractivity contribution >= 4 is 60.6 Å². The molecule has 0 saturated heterocycles. The molecule has 0 aliphatic heterocycles. The van der Waals surface area contributed by atoms with Gasteiger partial charge in [-0.3, -0.25) is 4.79 Å². The van der Waals surface area contributed by atoms with Gasteiger partial charge < -0.3 is 14.8 Å². The molecule has 0 bridgehead atoms. The van der Waals surface area contributed by atoms with E-state index in [2.05, 4.69) is 5.32 Å². The van der Waals surface area contributed by atoms with E-state index in [0.29, 0.717) is 42.0 Å². The second-order valence-corrected chi connectivity index (χ2v) is 12.8. The first-order valence-corrected chi connectivity index (χ1v) is 15.2. The first kappa shape index (κ1) is 27.8. The van der Waals surface area contributed by atoms with Gasteiger partial charge in [0.15, 0.2) is 9.84 Å². The van der Waals surface area contributed by atoms with Crippen molar-refractivity contribution in [2.45, 2.75) is 36.3 Å². The Kier molecular flexibility index (Phi) is 10.3. The third kappa shape index (κ3) is 7.85. The van der Waals surface area contributed by atoms with Gasteiger partial charge in [-0.1, -0.05) is 11.6 Å². The van der Waals surface area contributed by atoms with E-state index in [0.717, 1.165) is 31.9 Å². The summed E-state index contributed by atoms with van der Waals surface area (Å²) in [6.45, 7) is 7.66. The normalized spacial score (nSPS) is 11.7. The number of nitrogens with one attached hydrogen (secondary N) is 1. The monoisotopic (exact) mass is 555 g/mol. The van der Waals surface area contributed by atoms with Crippen LogP contribution in [0, 0.1) is 13.8 Å². The molecule has 0 amide bonds. The fourth-order valence-corrected chi connectivity index (χ4v) is 7.74.